The molecule has 0 saturated carbocycles. The molecule has 0 saturated heterocycles. The van der Waals surface area contributed by atoms with Crippen LogP contribution in [-0.4, -0.2) is 18.2 Å². The van der Waals surface area contributed by atoms with Crippen molar-refractivity contribution in [2.45, 2.75) is 57.9 Å². The van der Waals surface area contributed by atoms with Gasteiger partial charge >= 0.3 is 0 Å². The first-order chi connectivity index (χ1) is 7.62. The zero-order valence-corrected chi connectivity index (χ0v) is 11.9. The summed E-state index contributed by atoms with van der Waals surface area (Å²) in [6.07, 6.45) is 1.15. The third-order valence-corrected chi connectivity index (χ3v) is 3.63. The molecule has 0 unspecified atom stereocenters. The fourth-order valence-corrected chi connectivity index (χ4v) is 2.99. The highest BCUT2D eigenvalue weighted by atomic mass is 32.2. The molecule has 0 fully saturated rings. The molecule has 1 rings (SSSR count). The number of nitrogens with zero attached hydrogens (tertiary/aromatic N) is 2. The zero-order chi connectivity index (χ0) is 13.4. The quantitative estimate of drug-likeness (QED) is 0.891. The summed E-state index contributed by atoms with van der Waals surface area (Å²) in [5, 5.41) is 9.68. The summed E-state index contributed by atoms with van der Waals surface area (Å²) < 4.78 is 25.1. The number of sulfonamides is 1. The van der Waals surface area contributed by atoms with Crippen molar-refractivity contribution in [3.05, 3.63) is 11.4 Å². The van der Waals surface area contributed by atoms with Gasteiger partial charge in [0, 0.05) is 0 Å². The minimum atomic E-state index is -3.71. The van der Waals surface area contributed by atoms with E-state index < -0.39 is 10.0 Å². The molecule has 98 valence electrons. The lowest BCUT2D eigenvalue weighted by atomic mass is 10.1. The van der Waals surface area contributed by atoms with Crippen LogP contribution in [0.2, 0.25) is 0 Å². The van der Waals surface area contributed by atoms with Crippen molar-refractivity contribution >= 4 is 10.0 Å². The molecule has 0 aliphatic heterocycles. The van der Waals surface area contributed by atoms with Gasteiger partial charge in [0.2, 0.25) is 10.0 Å². The fraction of sp³-hybridized carbons (Fsp3) is 0.727. The number of aryl methyl sites for hydroxylation is 1. The number of hydrogen-bond donors (Lipinski definition) is 1. The Balaban J connectivity index is 3.65. The van der Waals surface area contributed by atoms with Gasteiger partial charge in [-0.25, -0.2) is 13.6 Å². The van der Waals surface area contributed by atoms with Gasteiger partial charge in [-0.1, -0.05) is 13.8 Å². The first kappa shape index (κ1) is 14.2. The topological polar surface area (TPSA) is 78.0 Å². The molecule has 0 amide bonds. The van der Waals surface area contributed by atoms with Gasteiger partial charge in [0.05, 0.1) is 16.9 Å². The van der Waals surface area contributed by atoms with Crippen LogP contribution in [0.1, 0.15) is 46.0 Å². The van der Waals surface area contributed by atoms with Gasteiger partial charge in [-0.15, -0.1) is 0 Å². The molecule has 1 aromatic rings. The van der Waals surface area contributed by atoms with Crippen LogP contribution in [0, 0.1) is 0 Å². The summed E-state index contributed by atoms with van der Waals surface area (Å²) in [5.74, 6) is 0. The van der Waals surface area contributed by atoms with Crippen molar-refractivity contribution in [3.63, 3.8) is 0 Å². The Bertz CT molecular complexity index is 510. The molecule has 17 heavy (non-hydrogen) atoms. The van der Waals surface area contributed by atoms with E-state index in [1.165, 1.54) is 0 Å². The van der Waals surface area contributed by atoms with Gasteiger partial charge in [-0.05, 0) is 33.6 Å². The van der Waals surface area contributed by atoms with Crippen molar-refractivity contribution in [3.8, 4) is 0 Å². The van der Waals surface area contributed by atoms with E-state index in [0.717, 1.165) is 0 Å². The molecule has 1 heterocycles. The first-order valence-electron chi connectivity index (χ1n) is 5.77. The summed E-state index contributed by atoms with van der Waals surface area (Å²) in [6.45, 7) is 9.76. The van der Waals surface area contributed by atoms with E-state index in [9.17, 15) is 8.42 Å². The van der Waals surface area contributed by atoms with Crippen LogP contribution in [0.3, 0.4) is 0 Å². The predicted molar refractivity (Wildman–Crippen MR) is 67.4 cm³/mol. The van der Waals surface area contributed by atoms with E-state index in [1.54, 1.807) is 4.68 Å². The van der Waals surface area contributed by atoms with Crippen molar-refractivity contribution in [2.75, 3.05) is 0 Å². The number of hydrogen-bond acceptors (Lipinski definition) is 3. The average Bonchev–Trinajstić information content (AvgIpc) is 2.54. The Kier molecular flexibility index (Phi) is 3.69. The average molecular weight is 259 g/mol. The maximum atomic E-state index is 11.7. The van der Waals surface area contributed by atoms with Gasteiger partial charge in [0.1, 0.15) is 4.90 Å². The minimum absolute atomic E-state index is 0.206. The van der Waals surface area contributed by atoms with Crippen LogP contribution in [-0.2, 0) is 28.4 Å². The van der Waals surface area contributed by atoms with Crippen molar-refractivity contribution in [2.24, 2.45) is 5.14 Å². The molecule has 6 heteroatoms. The second-order valence-electron chi connectivity index (χ2n) is 5.06. The number of rotatable bonds is 3. The summed E-state index contributed by atoms with van der Waals surface area (Å²) >= 11 is 0. The van der Waals surface area contributed by atoms with Crippen LogP contribution < -0.4 is 5.14 Å². The maximum Gasteiger partial charge on any atom is 0.241 e. The number of nitrogens with two attached hydrogens (primary N) is 1. The third-order valence-electron chi connectivity index (χ3n) is 2.59. The maximum absolute atomic E-state index is 11.7. The van der Waals surface area contributed by atoms with E-state index in [4.69, 9.17) is 5.14 Å². The molecule has 0 aliphatic carbocycles. The molecule has 5 nitrogen and oxygen atoms in total. The third kappa shape index (κ3) is 2.69. The lowest BCUT2D eigenvalue weighted by Gasteiger charge is -2.22. The van der Waals surface area contributed by atoms with Crippen LogP contribution in [0.25, 0.3) is 0 Å². The van der Waals surface area contributed by atoms with Gasteiger partial charge in [0.25, 0.3) is 0 Å². The Morgan fingerprint density at radius 2 is 1.76 bits per heavy atom. The van der Waals surface area contributed by atoms with Crippen LogP contribution >= 0.6 is 0 Å². The Hall–Kier alpha value is -0.880. The highest BCUT2D eigenvalue weighted by Crippen LogP contribution is 2.26. The molecular formula is C11H21N3O2S. The highest BCUT2D eigenvalue weighted by Gasteiger charge is 2.28. The number of primary sulfonamides is 1. The lowest BCUT2D eigenvalue weighted by Crippen LogP contribution is -2.26. The number of aromatic nitrogens is 2. The van der Waals surface area contributed by atoms with E-state index in [2.05, 4.69) is 5.10 Å². The summed E-state index contributed by atoms with van der Waals surface area (Å²) in [6, 6.07) is 0. The molecule has 0 aromatic carbocycles. The predicted octanol–water partition coefficient (Wildman–Crippen LogP) is 1.41. The molecule has 0 atom stereocenters. The largest absolute Gasteiger partial charge is 0.263 e. The summed E-state index contributed by atoms with van der Waals surface area (Å²) in [5.41, 5.74) is 0.995. The molecule has 0 bridgehead atoms. The highest BCUT2D eigenvalue weighted by molar-refractivity contribution is 7.89. The standard InChI is InChI=1S/C11H21N3O2S/c1-6-8-10(17(12,15)16)9(7-2)14(13-8)11(3,4)5/h6-7H2,1-5H3,(H2,12,15,16). The second-order valence-corrected chi connectivity index (χ2v) is 6.56. The molecule has 2 N–H and O–H groups in total. The zero-order valence-electron chi connectivity index (χ0n) is 11.1. The summed E-state index contributed by atoms with van der Waals surface area (Å²) in [4.78, 5) is 0.206. The van der Waals surface area contributed by atoms with Gasteiger partial charge in [0.15, 0.2) is 0 Å². The van der Waals surface area contributed by atoms with Gasteiger partial charge < -0.3 is 0 Å². The lowest BCUT2D eigenvalue weighted by molar-refractivity contribution is 0.341. The molecular weight excluding hydrogens is 238 g/mol. The van der Waals surface area contributed by atoms with Crippen LogP contribution in [0.4, 0.5) is 0 Å². The normalized spacial score (nSPS) is 13.1. The second kappa shape index (κ2) is 4.42. The Morgan fingerprint density at radius 1 is 1.24 bits per heavy atom. The van der Waals surface area contributed by atoms with E-state index >= 15 is 0 Å². The SMILES string of the molecule is CCc1nn(C(C)(C)C)c(CC)c1S(N)(=O)=O. The smallest absolute Gasteiger partial charge is 0.241 e. The molecule has 0 radical (unpaired) electrons. The molecule has 1 aromatic heterocycles. The van der Waals surface area contributed by atoms with Crippen molar-refractivity contribution in [1.29, 1.82) is 0 Å². The Morgan fingerprint density at radius 3 is 2.06 bits per heavy atom. The molecule has 0 aliphatic rings. The van der Waals surface area contributed by atoms with Crippen LogP contribution in [0.15, 0.2) is 4.90 Å². The minimum Gasteiger partial charge on any atom is -0.263 e. The van der Waals surface area contributed by atoms with Gasteiger partial charge in [-0.2, -0.15) is 5.10 Å². The molecule has 0 spiro atoms. The van der Waals surface area contributed by atoms with E-state index in [1.807, 2.05) is 34.6 Å². The van der Waals surface area contributed by atoms with Crippen molar-refractivity contribution in [1.82, 2.24) is 9.78 Å². The van der Waals surface area contributed by atoms with Crippen LogP contribution in [0.5, 0.6) is 0 Å². The van der Waals surface area contributed by atoms with Crippen molar-refractivity contribution < 1.29 is 8.42 Å². The van der Waals surface area contributed by atoms with E-state index in [-0.39, 0.29) is 10.4 Å². The first-order valence-corrected chi connectivity index (χ1v) is 7.31. The fourth-order valence-electron chi connectivity index (χ4n) is 1.91. The Labute approximate surface area is 103 Å². The monoisotopic (exact) mass is 259 g/mol. The van der Waals surface area contributed by atoms with Gasteiger partial charge in [-0.3, -0.25) is 4.68 Å². The van der Waals surface area contributed by atoms with E-state index in [0.29, 0.717) is 24.2 Å². The summed E-state index contributed by atoms with van der Waals surface area (Å²) in [7, 11) is -3.71.